The molecule has 4 heteroatoms. The van der Waals surface area contributed by atoms with Crippen LogP contribution in [0.15, 0.2) is 60.7 Å². The van der Waals surface area contributed by atoms with Gasteiger partial charge in [0.25, 0.3) is 5.91 Å². The number of aliphatic hydroxyl groups is 1. The second-order valence-electron chi connectivity index (χ2n) is 7.87. The minimum atomic E-state index is -0.281. The quantitative estimate of drug-likeness (QED) is 0.864. The van der Waals surface area contributed by atoms with Crippen LogP contribution in [0.1, 0.15) is 42.5 Å². The van der Waals surface area contributed by atoms with E-state index < -0.39 is 0 Å². The van der Waals surface area contributed by atoms with E-state index in [-0.39, 0.29) is 30.0 Å². The maximum atomic E-state index is 13.2. The van der Waals surface area contributed by atoms with Crippen LogP contribution in [0.2, 0.25) is 0 Å². The van der Waals surface area contributed by atoms with E-state index in [1.807, 2.05) is 53.4 Å². The molecule has 142 valence electrons. The van der Waals surface area contributed by atoms with Gasteiger partial charge in [0.05, 0.1) is 6.61 Å². The average Bonchev–Trinajstić information content (AvgIpc) is 2.75. The van der Waals surface area contributed by atoms with Gasteiger partial charge in [0.2, 0.25) is 0 Å². The Balaban J connectivity index is 1.63. The first-order valence-electron chi connectivity index (χ1n) is 10.0. The van der Waals surface area contributed by atoms with Gasteiger partial charge in [-0.25, -0.2) is 0 Å². The zero-order valence-electron chi connectivity index (χ0n) is 15.7. The van der Waals surface area contributed by atoms with Gasteiger partial charge in [-0.05, 0) is 43.5 Å². The molecule has 1 saturated heterocycles. The van der Waals surface area contributed by atoms with E-state index in [4.69, 9.17) is 0 Å². The molecular weight excluding hydrogens is 336 g/mol. The largest absolute Gasteiger partial charge is 0.396 e. The van der Waals surface area contributed by atoms with Crippen LogP contribution in [0.25, 0.3) is 0 Å². The number of rotatable bonds is 4. The number of piperidine rings is 1. The molecule has 2 aromatic carbocycles. The van der Waals surface area contributed by atoms with Gasteiger partial charge in [-0.3, -0.25) is 4.79 Å². The summed E-state index contributed by atoms with van der Waals surface area (Å²) in [5, 5.41) is 14.2. The molecule has 1 amide bonds. The molecule has 2 aliphatic rings. The van der Waals surface area contributed by atoms with Crippen LogP contribution < -0.4 is 5.32 Å². The van der Waals surface area contributed by atoms with Gasteiger partial charge in [-0.1, -0.05) is 49.2 Å². The van der Waals surface area contributed by atoms with Gasteiger partial charge in [0.15, 0.2) is 0 Å². The van der Waals surface area contributed by atoms with Crippen molar-refractivity contribution in [2.24, 2.45) is 5.41 Å². The predicted molar refractivity (Wildman–Crippen MR) is 108 cm³/mol. The first-order valence-corrected chi connectivity index (χ1v) is 10.0. The van der Waals surface area contributed by atoms with Crippen molar-refractivity contribution in [1.29, 1.82) is 0 Å². The van der Waals surface area contributed by atoms with Crippen molar-refractivity contribution < 1.29 is 9.90 Å². The number of carbonyl (C=O) groups is 1. The predicted octanol–water partition coefficient (Wildman–Crippen LogP) is 3.93. The van der Waals surface area contributed by atoms with E-state index in [0.717, 1.165) is 49.9 Å². The molecule has 1 heterocycles. The Morgan fingerprint density at radius 3 is 2.44 bits per heavy atom. The summed E-state index contributed by atoms with van der Waals surface area (Å²) in [6.45, 7) is 0.839. The normalized spacial score (nSPS) is 27.7. The zero-order valence-corrected chi connectivity index (χ0v) is 15.7. The lowest BCUT2D eigenvalue weighted by Gasteiger charge is -2.56. The molecule has 2 N–H and O–H groups in total. The van der Waals surface area contributed by atoms with Crippen molar-refractivity contribution in [3.8, 4) is 0 Å². The minimum Gasteiger partial charge on any atom is -0.396 e. The van der Waals surface area contributed by atoms with Gasteiger partial charge in [0.1, 0.15) is 0 Å². The number of likely N-dealkylation sites (tertiary alicyclic amines) is 1. The Labute approximate surface area is 161 Å². The fraction of sp³-hybridized carbons (Fsp3) is 0.435. The minimum absolute atomic E-state index is 0.0823. The molecule has 3 atom stereocenters. The van der Waals surface area contributed by atoms with E-state index in [1.165, 1.54) is 0 Å². The van der Waals surface area contributed by atoms with E-state index in [0.29, 0.717) is 0 Å². The fourth-order valence-electron chi connectivity index (χ4n) is 5.07. The summed E-state index contributed by atoms with van der Waals surface area (Å²) in [5.74, 6) is 0.0958. The zero-order chi connectivity index (χ0) is 18.7. The smallest absolute Gasteiger partial charge is 0.254 e. The lowest BCUT2D eigenvalue weighted by molar-refractivity contribution is -0.0495. The molecule has 1 aliphatic carbocycles. The number of aliphatic hydroxyl groups excluding tert-OH is 1. The lowest BCUT2D eigenvalue weighted by Crippen LogP contribution is -2.65. The van der Waals surface area contributed by atoms with E-state index in [1.54, 1.807) is 0 Å². The Morgan fingerprint density at radius 2 is 1.74 bits per heavy atom. The van der Waals surface area contributed by atoms with Crippen LogP contribution in [-0.4, -0.2) is 41.1 Å². The Kier molecular flexibility index (Phi) is 5.17. The average molecular weight is 364 g/mol. The van der Waals surface area contributed by atoms with Crippen LogP contribution in [-0.2, 0) is 0 Å². The summed E-state index contributed by atoms with van der Waals surface area (Å²) < 4.78 is 0. The molecule has 0 aromatic heterocycles. The second-order valence-corrected chi connectivity index (χ2v) is 7.87. The SMILES string of the molecule is O=C(c1ccccc1)N1CCC(Nc2ccccc2)C2(CO)CCCCC12. The Hall–Kier alpha value is -2.33. The molecule has 4 rings (SSSR count). The summed E-state index contributed by atoms with van der Waals surface area (Å²) in [6.07, 6.45) is 4.99. The number of hydrogen-bond donors (Lipinski definition) is 2. The summed E-state index contributed by atoms with van der Waals surface area (Å²) in [4.78, 5) is 15.2. The highest BCUT2D eigenvalue weighted by atomic mass is 16.3. The fourth-order valence-corrected chi connectivity index (χ4v) is 5.07. The number of para-hydroxylation sites is 1. The van der Waals surface area contributed by atoms with E-state index in [2.05, 4.69) is 17.4 Å². The maximum Gasteiger partial charge on any atom is 0.254 e. The third kappa shape index (κ3) is 3.34. The maximum absolute atomic E-state index is 13.2. The van der Waals surface area contributed by atoms with Crippen molar-refractivity contribution in [2.75, 3.05) is 18.5 Å². The monoisotopic (exact) mass is 364 g/mol. The molecular formula is C23H28N2O2. The third-order valence-electron chi connectivity index (χ3n) is 6.45. The summed E-state index contributed by atoms with van der Waals surface area (Å²) >= 11 is 0. The van der Waals surface area contributed by atoms with Crippen LogP contribution in [0.4, 0.5) is 5.69 Å². The number of nitrogens with zero attached hydrogens (tertiary/aromatic N) is 1. The third-order valence-corrected chi connectivity index (χ3v) is 6.45. The topological polar surface area (TPSA) is 52.6 Å². The van der Waals surface area contributed by atoms with Gasteiger partial charge < -0.3 is 15.3 Å². The van der Waals surface area contributed by atoms with Gasteiger partial charge in [-0.15, -0.1) is 0 Å². The van der Waals surface area contributed by atoms with Crippen molar-refractivity contribution >= 4 is 11.6 Å². The number of anilines is 1. The van der Waals surface area contributed by atoms with Gasteiger partial charge in [-0.2, -0.15) is 0 Å². The van der Waals surface area contributed by atoms with E-state index in [9.17, 15) is 9.90 Å². The Morgan fingerprint density at radius 1 is 1.04 bits per heavy atom. The lowest BCUT2D eigenvalue weighted by atomic mass is 9.62. The number of nitrogens with one attached hydrogen (secondary N) is 1. The highest BCUT2D eigenvalue weighted by molar-refractivity contribution is 5.94. The molecule has 2 aromatic rings. The summed E-state index contributed by atoms with van der Waals surface area (Å²) in [7, 11) is 0. The molecule has 1 saturated carbocycles. The summed E-state index contributed by atoms with van der Waals surface area (Å²) in [5.41, 5.74) is 1.54. The van der Waals surface area contributed by atoms with Crippen LogP contribution in [0.3, 0.4) is 0 Å². The van der Waals surface area contributed by atoms with Crippen molar-refractivity contribution in [1.82, 2.24) is 4.90 Å². The number of benzene rings is 2. The molecule has 0 bridgehead atoms. The van der Waals surface area contributed by atoms with Crippen molar-refractivity contribution in [3.05, 3.63) is 66.2 Å². The first kappa shape index (κ1) is 18.1. The van der Waals surface area contributed by atoms with Crippen LogP contribution in [0.5, 0.6) is 0 Å². The second kappa shape index (κ2) is 7.73. The molecule has 2 fully saturated rings. The number of hydrogen-bond acceptors (Lipinski definition) is 3. The van der Waals surface area contributed by atoms with E-state index >= 15 is 0 Å². The highest BCUT2D eigenvalue weighted by Gasteiger charge is 2.52. The van der Waals surface area contributed by atoms with Gasteiger partial charge >= 0.3 is 0 Å². The molecule has 27 heavy (non-hydrogen) atoms. The molecule has 0 radical (unpaired) electrons. The standard InChI is InChI=1S/C23H28N2O2/c26-17-23-15-8-7-13-21(23)25(22(27)18-9-3-1-4-10-18)16-14-20(23)24-19-11-5-2-6-12-19/h1-6,9-12,20-21,24,26H,7-8,13-17H2. The highest BCUT2D eigenvalue weighted by Crippen LogP contribution is 2.47. The molecule has 0 spiro atoms. The van der Waals surface area contributed by atoms with Crippen molar-refractivity contribution in [3.63, 3.8) is 0 Å². The first-order chi connectivity index (χ1) is 13.2. The molecule has 1 aliphatic heterocycles. The van der Waals surface area contributed by atoms with Crippen LogP contribution >= 0.6 is 0 Å². The number of fused-ring (bicyclic) bond motifs is 1. The number of carbonyl (C=O) groups excluding carboxylic acids is 1. The van der Waals surface area contributed by atoms with Crippen LogP contribution in [0, 0.1) is 5.41 Å². The van der Waals surface area contributed by atoms with Crippen molar-refractivity contribution in [2.45, 2.75) is 44.2 Å². The summed E-state index contributed by atoms with van der Waals surface area (Å²) in [6, 6.07) is 20.0. The number of amides is 1. The molecule has 3 unspecified atom stereocenters. The molecule has 4 nitrogen and oxygen atoms in total. The Bertz CT molecular complexity index is 764. The van der Waals surface area contributed by atoms with Gasteiger partial charge in [0, 0.05) is 35.3 Å².